The molecule has 2 aliphatic heterocycles. The summed E-state index contributed by atoms with van der Waals surface area (Å²) < 4.78 is 18.5. The lowest BCUT2D eigenvalue weighted by atomic mass is 10.1. The lowest BCUT2D eigenvalue weighted by Gasteiger charge is -2.19. The van der Waals surface area contributed by atoms with Gasteiger partial charge in [0.05, 0.1) is 6.61 Å². The molecule has 2 fully saturated rings. The average Bonchev–Trinajstić information content (AvgIpc) is 3.42. The van der Waals surface area contributed by atoms with E-state index in [9.17, 15) is 49.5 Å². The fourth-order valence-electron chi connectivity index (χ4n) is 4.83. The number of aliphatic hydroxyl groups excluding tert-OH is 5. The summed E-state index contributed by atoms with van der Waals surface area (Å²) in [5, 5.41) is 53.1. The SMILES string of the molecule is CNCc1cn([C@@H]2O[C@H](COC(=O)C(N)CCn3c(=O)ccn([C@@H]4O[C@H](CO)[C@@H](O)[C@H]4O)c3=O)[C@@H](O)[C@H]2O)c(=O)[nH]c1=O. The highest BCUT2D eigenvalue weighted by Gasteiger charge is 2.45. The molecule has 19 heteroatoms. The van der Waals surface area contributed by atoms with Crippen molar-refractivity contribution in [3.63, 3.8) is 0 Å². The van der Waals surface area contributed by atoms with Crippen molar-refractivity contribution in [2.45, 2.75) is 74.6 Å². The molecule has 0 bridgehead atoms. The zero-order chi connectivity index (χ0) is 31.6. The molecule has 0 saturated carbocycles. The minimum atomic E-state index is -1.62. The first kappa shape index (κ1) is 32.4. The van der Waals surface area contributed by atoms with Gasteiger partial charge in [-0.05, 0) is 13.5 Å². The summed E-state index contributed by atoms with van der Waals surface area (Å²) in [5.74, 6) is -0.987. The molecule has 2 saturated heterocycles. The summed E-state index contributed by atoms with van der Waals surface area (Å²) in [7, 11) is 1.58. The number of carbonyl (C=O) groups excluding carboxylic acids is 1. The van der Waals surface area contributed by atoms with Gasteiger partial charge in [-0.3, -0.25) is 33.1 Å². The van der Waals surface area contributed by atoms with Gasteiger partial charge in [-0.15, -0.1) is 0 Å². The first-order valence-corrected chi connectivity index (χ1v) is 13.3. The molecule has 0 aliphatic carbocycles. The fraction of sp³-hybridized carbons (Fsp3) is 0.625. The summed E-state index contributed by atoms with van der Waals surface area (Å²) in [6.45, 7) is -1.44. The van der Waals surface area contributed by atoms with Crippen LogP contribution in [-0.2, 0) is 32.1 Å². The number of carbonyl (C=O) groups is 1. The number of hydrogen-bond acceptors (Lipinski definition) is 15. The molecule has 4 rings (SSSR count). The van der Waals surface area contributed by atoms with E-state index >= 15 is 0 Å². The molecule has 2 aliphatic rings. The number of nitrogens with two attached hydrogens (primary N) is 1. The first-order chi connectivity index (χ1) is 20.4. The number of nitrogens with zero attached hydrogens (tertiary/aromatic N) is 3. The normalized spacial score (nSPS) is 29.6. The molecule has 0 spiro atoms. The van der Waals surface area contributed by atoms with E-state index in [0.717, 1.165) is 26.0 Å². The molecule has 43 heavy (non-hydrogen) atoms. The van der Waals surface area contributed by atoms with Crippen LogP contribution in [0.25, 0.3) is 0 Å². The van der Waals surface area contributed by atoms with Gasteiger partial charge in [0.25, 0.3) is 11.1 Å². The molecule has 9 atom stereocenters. The van der Waals surface area contributed by atoms with Gasteiger partial charge in [0.2, 0.25) is 0 Å². The highest BCUT2D eigenvalue weighted by molar-refractivity contribution is 5.75. The highest BCUT2D eigenvalue weighted by atomic mass is 16.6. The number of ether oxygens (including phenoxy) is 3. The third-order valence-electron chi connectivity index (χ3n) is 7.26. The maximum atomic E-state index is 12.9. The Labute approximate surface area is 241 Å². The van der Waals surface area contributed by atoms with Crippen LogP contribution in [0.2, 0.25) is 0 Å². The second kappa shape index (κ2) is 13.4. The Morgan fingerprint density at radius 2 is 1.67 bits per heavy atom. The van der Waals surface area contributed by atoms with Crippen LogP contribution in [0.1, 0.15) is 24.4 Å². The van der Waals surface area contributed by atoms with Crippen molar-refractivity contribution < 1.29 is 44.5 Å². The molecule has 4 heterocycles. The van der Waals surface area contributed by atoms with Gasteiger partial charge < -0.3 is 50.8 Å². The predicted molar refractivity (Wildman–Crippen MR) is 142 cm³/mol. The minimum Gasteiger partial charge on any atom is -0.462 e. The standard InChI is InChI=1S/C24H34N6O13/c1-26-6-10-7-30(23(39)27-19(10)37)21-18(36)16(34)13(43-21)9-41-22(38)11(25)2-4-28-14(32)3-5-29(24(28)40)20-17(35)15(33)12(8-31)42-20/h3,5,7,11-13,15-18,20-21,26,31,33-36H,2,4,6,8-9,25H2,1H3,(H,27,37,39)/t11?,12-,13-,15-,16-,17-,18-,20-,21-/m1/s1. The van der Waals surface area contributed by atoms with Gasteiger partial charge >= 0.3 is 17.3 Å². The largest absolute Gasteiger partial charge is 0.462 e. The van der Waals surface area contributed by atoms with Crippen molar-refractivity contribution in [1.82, 2.24) is 24.0 Å². The van der Waals surface area contributed by atoms with Crippen molar-refractivity contribution in [3.05, 3.63) is 65.7 Å². The molecule has 0 radical (unpaired) electrons. The molecule has 238 valence electrons. The summed E-state index contributed by atoms with van der Waals surface area (Å²) in [5.41, 5.74) is 2.84. The Kier molecular flexibility index (Phi) is 10.1. The number of esters is 1. The summed E-state index contributed by atoms with van der Waals surface area (Å²) >= 11 is 0. The molecule has 0 aromatic carbocycles. The van der Waals surface area contributed by atoms with Crippen LogP contribution in [0.5, 0.6) is 0 Å². The maximum absolute atomic E-state index is 12.9. The second-order valence-electron chi connectivity index (χ2n) is 10.1. The monoisotopic (exact) mass is 614 g/mol. The van der Waals surface area contributed by atoms with Crippen molar-refractivity contribution in [3.8, 4) is 0 Å². The van der Waals surface area contributed by atoms with Gasteiger partial charge in [-0.25, -0.2) is 9.59 Å². The van der Waals surface area contributed by atoms with Gasteiger partial charge in [0.15, 0.2) is 12.5 Å². The third-order valence-corrected chi connectivity index (χ3v) is 7.26. The second-order valence-corrected chi connectivity index (χ2v) is 10.1. The first-order valence-electron chi connectivity index (χ1n) is 13.3. The lowest BCUT2D eigenvalue weighted by Crippen LogP contribution is -2.44. The van der Waals surface area contributed by atoms with Crippen LogP contribution in [-0.4, -0.2) is 113 Å². The molecule has 0 amide bonds. The molecule has 9 N–H and O–H groups in total. The molecule has 2 aromatic rings. The zero-order valence-electron chi connectivity index (χ0n) is 22.9. The van der Waals surface area contributed by atoms with Gasteiger partial charge in [0.1, 0.15) is 49.3 Å². The molecular formula is C24H34N6O13. The minimum absolute atomic E-state index is 0.104. The van der Waals surface area contributed by atoms with E-state index < -0.39 is 96.8 Å². The Bertz CT molecular complexity index is 1540. The topological polar surface area (TPSA) is 283 Å². The van der Waals surface area contributed by atoms with Crippen molar-refractivity contribution in [2.24, 2.45) is 5.73 Å². The molecular weight excluding hydrogens is 580 g/mol. The van der Waals surface area contributed by atoms with E-state index in [1.54, 1.807) is 7.05 Å². The van der Waals surface area contributed by atoms with Crippen LogP contribution in [0, 0.1) is 0 Å². The molecule has 1 unspecified atom stereocenters. The Morgan fingerprint density at radius 1 is 1.05 bits per heavy atom. The Hall–Kier alpha value is -3.53. The van der Waals surface area contributed by atoms with E-state index in [4.69, 9.17) is 19.9 Å². The number of H-pyrrole nitrogens is 1. The van der Waals surface area contributed by atoms with E-state index in [2.05, 4.69) is 10.3 Å². The number of hydrogen-bond donors (Lipinski definition) is 8. The van der Waals surface area contributed by atoms with E-state index in [1.165, 1.54) is 6.20 Å². The van der Waals surface area contributed by atoms with Crippen LogP contribution in [0.4, 0.5) is 0 Å². The highest BCUT2D eigenvalue weighted by Crippen LogP contribution is 2.29. The average molecular weight is 615 g/mol. The molecule has 19 nitrogen and oxygen atoms in total. The lowest BCUT2D eigenvalue weighted by molar-refractivity contribution is -0.152. The number of rotatable bonds is 11. The third kappa shape index (κ3) is 6.54. The van der Waals surface area contributed by atoms with Crippen molar-refractivity contribution in [2.75, 3.05) is 20.3 Å². The van der Waals surface area contributed by atoms with Crippen LogP contribution < -0.4 is 33.5 Å². The molecule has 2 aromatic heterocycles. The van der Waals surface area contributed by atoms with Crippen molar-refractivity contribution >= 4 is 5.97 Å². The maximum Gasteiger partial charge on any atom is 0.333 e. The van der Waals surface area contributed by atoms with Crippen LogP contribution in [0.3, 0.4) is 0 Å². The van der Waals surface area contributed by atoms with E-state index in [0.29, 0.717) is 0 Å². The van der Waals surface area contributed by atoms with Gasteiger partial charge in [-0.2, -0.15) is 0 Å². The Balaban J connectivity index is 1.37. The fourth-order valence-corrected chi connectivity index (χ4v) is 4.83. The van der Waals surface area contributed by atoms with Gasteiger partial charge in [-0.1, -0.05) is 0 Å². The van der Waals surface area contributed by atoms with E-state index in [1.807, 2.05) is 0 Å². The summed E-state index contributed by atoms with van der Waals surface area (Å²) in [6.07, 6.45) is -9.48. The van der Waals surface area contributed by atoms with Crippen molar-refractivity contribution in [1.29, 1.82) is 0 Å². The summed E-state index contributed by atoms with van der Waals surface area (Å²) in [6, 6.07) is -0.338. The Morgan fingerprint density at radius 3 is 2.30 bits per heavy atom. The number of aromatic nitrogens is 4. The zero-order valence-corrected chi connectivity index (χ0v) is 22.9. The number of aromatic amines is 1. The van der Waals surface area contributed by atoms with E-state index in [-0.39, 0.29) is 25.1 Å². The predicted octanol–water partition coefficient (Wildman–Crippen LogP) is -6.23. The quantitative estimate of drug-likeness (QED) is 0.109. The van der Waals surface area contributed by atoms with Crippen LogP contribution in [0.15, 0.2) is 37.6 Å². The number of aliphatic hydroxyl groups is 5. The summed E-state index contributed by atoms with van der Waals surface area (Å²) in [4.78, 5) is 64.2. The van der Waals surface area contributed by atoms with Crippen LogP contribution >= 0.6 is 0 Å². The smallest absolute Gasteiger partial charge is 0.333 e. The van der Waals surface area contributed by atoms with Gasteiger partial charge in [0, 0.05) is 37.1 Å². The number of nitrogens with one attached hydrogen (secondary N) is 2.